The zero-order valence-corrected chi connectivity index (χ0v) is 17.0. The van der Waals surface area contributed by atoms with Crippen molar-refractivity contribution in [1.82, 2.24) is 0 Å². The van der Waals surface area contributed by atoms with Crippen LogP contribution in [0, 0.1) is 11.8 Å². The summed E-state index contributed by atoms with van der Waals surface area (Å²) in [7, 11) is 0. The molecule has 3 rings (SSSR count). The lowest BCUT2D eigenvalue weighted by Crippen LogP contribution is -2.34. The molecule has 7 heteroatoms. The van der Waals surface area contributed by atoms with Crippen LogP contribution in [0.15, 0.2) is 12.2 Å². The molecule has 2 aliphatic carbocycles. The summed E-state index contributed by atoms with van der Waals surface area (Å²) < 4.78 is 5.26. The molecule has 1 aromatic heterocycles. The van der Waals surface area contributed by atoms with Crippen molar-refractivity contribution < 1.29 is 24.2 Å². The summed E-state index contributed by atoms with van der Waals surface area (Å²) in [6.45, 7) is 2.03. The Labute approximate surface area is 169 Å². The van der Waals surface area contributed by atoms with Gasteiger partial charge in [-0.25, -0.2) is 4.79 Å². The average molecular weight is 406 g/mol. The van der Waals surface area contributed by atoms with E-state index in [0.29, 0.717) is 23.4 Å². The molecule has 0 radical (unpaired) electrons. The molecule has 1 heterocycles. The van der Waals surface area contributed by atoms with Gasteiger partial charge in [-0.2, -0.15) is 0 Å². The van der Waals surface area contributed by atoms with Crippen LogP contribution in [0.1, 0.15) is 66.2 Å². The first kappa shape index (κ1) is 20.6. The van der Waals surface area contributed by atoms with Crippen LogP contribution in [0.4, 0.5) is 5.00 Å². The molecule has 2 N–H and O–H groups in total. The van der Waals surface area contributed by atoms with E-state index in [2.05, 4.69) is 5.32 Å². The van der Waals surface area contributed by atoms with Gasteiger partial charge in [0.1, 0.15) is 5.00 Å². The molecular weight excluding hydrogens is 378 g/mol. The Morgan fingerprint density at radius 2 is 1.79 bits per heavy atom. The van der Waals surface area contributed by atoms with Gasteiger partial charge < -0.3 is 15.2 Å². The first-order valence-electron chi connectivity index (χ1n) is 10.0. The van der Waals surface area contributed by atoms with Gasteiger partial charge in [-0.05, 0) is 51.0 Å². The Morgan fingerprint density at radius 1 is 1.11 bits per heavy atom. The lowest BCUT2D eigenvalue weighted by Gasteiger charge is -2.24. The number of ether oxygens (including phenoxy) is 1. The monoisotopic (exact) mass is 405 g/mol. The summed E-state index contributed by atoms with van der Waals surface area (Å²) in [5, 5.41) is 12.8. The normalized spacial score (nSPS) is 21.9. The number of amides is 1. The van der Waals surface area contributed by atoms with E-state index < -0.39 is 23.8 Å². The average Bonchev–Trinajstić information content (AvgIpc) is 2.98. The van der Waals surface area contributed by atoms with Crippen LogP contribution < -0.4 is 5.32 Å². The fourth-order valence-electron chi connectivity index (χ4n) is 4.01. The van der Waals surface area contributed by atoms with Crippen molar-refractivity contribution in [3.05, 3.63) is 28.2 Å². The Kier molecular flexibility index (Phi) is 6.88. The van der Waals surface area contributed by atoms with Crippen molar-refractivity contribution >= 4 is 34.2 Å². The number of nitrogens with one attached hydrogen (secondary N) is 1. The van der Waals surface area contributed by atoms with Crippen LogP contribution in [0.25, 0.3) is 0 Å². The number of esters is 1. The number of anilines is 1. The molecule has 0 aromatic carbocycles. The summed E-state index contributed by atoms with van der Waals surface area (Å²) in [5.41, 5.74) is 1.46. The van der Waals surface area contributed by atoms with Gasteiger partial charge in [0.05, 0.1) is 24.0 Å². The molecule has 2 unspecified atom stereocenters. The number of carboxylic acid groups (broad SMARTS) is 1. The van der Waals surface area contributed by atoms with Crippen molar-refractivity contribution in [1.29, 1.82) is 0 Å². The molecular formula is C21H27NO5S. The van der Waals surface area contributed by atoms with Crippen LogP contribution >= 0.6 is 11.3 Å². The zero-order valence-electron chi connectivity index (χ0n) is 16.2. The van der Waals surface area contributed by atoms with E-state index in [9.17, 15) is 19.5 Å². The lowest BCUT2D eigenvalue weighted by atomic mass is 9.82. The number of allylic oxidation sites excluding steroid dienone is 2. The van der Waals surface area contributed by atoms with E-state index in [1.807, 2.05) is 12.2 Å². The molecule has 0 bridgehead atoms. The van der Waals surface area contributed by atoms with Gasteiger partial charge >= 0.3 is 11.9 Å². The minimum absolute atomic E-state index is 0.269. The number of carbonyl (C=O) groups excluding carboxylic acids is 2. The number of hydrogen-bond donors (Lipinski definition) is 2. The quantitative estimate of drug-likeness (QED) is 0.566. The molecule has 2 atom stereocenters. The third kappa shape index (κ3) is 4.46. The standard InChI is InChI=1S/C21H27NO5S/c1-2-27-21(26)17-15-11-5-3-4-6-12-16(15)28-19(17)22-18(23)13-9-7-8-10-14(13)20(24)25/h7-8,13-14H,2-6,9-12H2,1H3,(H,22,23)(H,24,25). The van der Waals surface area contributed by atoms with E-state index in [0.717, 1.165) is 42.5 Å². The number of aryl methyl sites for hydroxylation is 1. The summed E-state index contributed by atoms with van der Waals surface area (Å²) >= 11 is 1.44. The fraction of sp³-hybridized carbons (Fsp3) is 0.571. The van der Waals surface area contributed by atoms with Gasteiger partial charge in [-0.15, -0.1) is 11.3 Å². The second kappa shape index (κ2) is 9.37. The molecule has 152 valence electrons. The van der Waals surface area contributed by atoms with Gasteiger partial charge in [-0.1, -0.05) is 25.0 Å². The SMILES string of the molecule is CCOC(=O)c1c(NC(=O)C2CC=CCC2C(=O)O)sc2c1CCCCCC2. The van der Waals surface area contributed by atoms with Gasteiger partial charge in [0.15, 0.2) is 0 Å². The topological polar surface area (TPSA) is 92.7 Å². The Balaban J connectivity index is 1.90. The predicted octanol–water partition coefficient (Wildman–Crippen LogP) is 4.19. The van der Waals surface area contributed by atoms with E-state index in [4.69, 9.17) is 4.74 Å². The number of rotatable bonds is 5. The molecule has 1 amide bonds. The second-order valence-electron chi connectivity index (χ2n) is 7.33. The maximum atomic E-state index is 12.9. The number of thiophene rings is 1. The minimum atomic E-state index is -0.964. The van der Waals surface area contributed by atoms with Crippen LogP contribution in [-0.2, 0) is 27.2 Å². The van der Waals surface area contributed by atoms with Gasteiger partial charge in [0, 0.05) is 4.88 Å². The maximum Gasteiger partial charge on any atom is 0.341 e. The molecule has 0 aliphatic heterocycles. The highest BCUT2D eigenvalue weighted by molar-refractivity contribution is 7.17. The van der Waals surface area contributed by atoms with Crippen molar-refractivity contribution in [2.45, 2.75) is 58.3 Å². The van der Waals surface area contributed by atoms with E-state index in [1.165, 1.54) is 17.8 Å². The van der Waals surface area contributed by atoms with Gasteiger partial charge in [0.2, 0.25) is 5.91 Å². The Morgan fingerprint density at radius 3 is 2.46 bits per heavy atom. The Bertz CT molecular complexity index is 782. The molecule has 6 nitrogen and oxygen atoms in total. The molecule has 1 aromatic rings. The highest BCUT2D eigenvalue weighted by Crippen LogP contribution is 2.38. The van der Waals surface area contributed by atoms with Crippen LogP contribution in [0.5, 0.6) is 0 Å². The van der Waals surface area contributed by atoms with Crippen LogP contribution in [0.3, 0.4) is 0 Å². The number of carbonyl (C=O) groups is 3. The number of aliphatic carboxylic acids is 1. The first-order valence-corrected chi connectivity index (χ1v) is 10.8. The highest BCUT2D eigenvalue weighted by Gasteiger charge is 2.35. The lowest BCUT2D eigenvalue weighted by molar-refractivity contribution is -0.146. The fourth-order valence-corrected chi connectivity index (χ4v) is 5.29. The minimum Gasteiger partial charge on any atom is -0.481 e. The molecule has 0 spiro atoms. The first-order chi connectivity index (χ1) is 13.5. The van der Waals surface area contributed by atoms with E-state index >= 15 is 0 Å². The summed E-state index contributed by atoms with van der Waals surface area (Å²) in [4.78, 5) is 38.2. The third-order valence-corrected chi connectivity index (χ3v) is 6.68. The third-order valence-electron chi connectivity index (χ3n) is 5.47. The highest BCUT2D eigenvalue weighted by atomic mass is 32.1. The van der Waals surface area contributed by atoms with Gasteiger partial charge in [0.25, 0.3) is 0 Å². The smallest absolute Gasteiger partial charge is 0.341 e. The van der Waals surface area contributed by atoms with E-state index in [1.54, 1.807) is 6.92 Å². The summed E-state index contributed by atoms with van der Waals surface area (Å²) in [5.74, 6) is -3.08. The number of carboxylic acids is 1. The molecule has 0 saturated heterocycles. The molecule has 28 heavy (non-hydrogen) atoms. The predicted molar refractivity (Wildman–Crippen MR) is 108 cm³/mol. The Hall–Kier alpha value is -2.15. The maximum absolute atomic E-state index is 12.9. The van der Waals surface area contributed by atoms with Crippen molar-refractivity contribution in [2.24, 2.45) is 11.8 Å². The molecule has 2 aliphatic rings. The van der Waals surface area contributed by atoms with Crippen molar-refractivity contribution in [2.75, 3.05) is 11.9 Å². The largest absolute Gasteiger partial charge is 0.481 e. The number of fused-ring (bicyclic) bond motifs is 1. The molecule has 0 saturated carbocycles. The van der Waals surface area contributed by atoms with Gasteiger partial charge in [-0.3, -0.25) is 9.59 Å². The van der Waals surface area contributed by atoms with Crippen molar-refractivity contribution in [3.8, 4) is 0 Å². The van der Waals surface area contributed by atoms with Crippen LogP contribution in [0.2, 0.25) is 0 Å². The van der Waals surface area contributed by atoms with E-state index in [-0.39, 0.29) is 12.5 Å². The van der Waals surface area contributed by atoms with Crippen LogP contribution in [-0.4, -0.2) is 29.6 Å². The zero-order chi connectivity index (χ0) is 20.1. The summed E-state index contributed by atoms with van der Waals surface area (Å²) in [6, 6.07) is 0. The molecule has 0 fully saturated rings. The van der Waals surface area contributed by atoms with Crippen molar-refractivity contribution in [3.63, 3.8) is 0 Å². The second-order valence-corrected chi connectivity index (χ2v) is 8.43. The number of hydrogen-bond acceptors (Lipinski definition) is 5. The summed E-state index contributed by atoms with van der Waals surface area (Å²) in [6.07, 6.45) is 10.5.